The molecule has 8 heteroatoms. The van der Waals surface area contributed by atoms with Crippen molar-refractivity contribution in [1.29, 1.82) is 0 Å². The van der Waals surface area contributed by atoms with E-state index in [0.29, 0.717) is 40.6 Å². The number of hydrogen-bond acceptors (Lipinski definition) is 7. The largest absolute Gasteiger partial charge is 0.490 e. The minimum atomic E-state index is -0.352. The molecule has 4 aromatic rings. The maximum absolute atomic E-state index is 12.9. The minimum Gasteiger partial charge on any atom is -0.490 e. The second-order valence-corrected chi connectivity index (χ2v) is 7.07. The van der Waals surface area contributed by atoms with Crippen molar-refractivity contribution in [3.63, 3.8) is 0 Å². The fraction of sp³-hybridized carbons (Fsp3) is 0.160. The maximum Gasteiger partial charge on any atom is 0.263 e. The van der Waals surface area contributed by atoms with Gasteiger partial charge >= 0.3 is 0 Å². The molecule has 0 aliphatic heterocycles. The molecule has 0 spiro atoms. The Morgan fingerprint density at radius 1 is 1.03 bits per heavy atom. The molecule has 168 valence electrons. The molecular formula is C25H22N2O6. The molecule has 0 unspecified atom stereocenters. The number of nitrogens with zero attached hydrogens (tertiary/aromatic N) is 1. The molecular weight excluding hydrogens is 424 g/mol. The standard InChI is InChI=1S/C25H22N2O6/c1-3-30-19-8-4-5-9-20(19)33-22-14-32-21-13-17(10-11-18(21)24(22)29)31-15-23(28)27-25-16(2)7-6-12-26-25/h4-14H,3,15H2,1-2H3,(H,26,27,28). The summed E-state index contributed by atoms with van der Waals surface area (Å²) in [7, 11) is 0. The summed E-state index contributed by atoms with van der Waals surface area (Å²) in [6, 6.07) is 15.4. The molecule has 0 fully saturated rings. The van der Waals surface area contributed by atoms with Crippen molar-refractivity contribution < 1.29 is 23.4 Å². The number of pyridine rings is 1. The number of rotatable bonds is 8. The first-order valence-corrected chi connectivity index (χ1v) is 10.3. The Morgan fingerprint density at radius 3 is 2.64 bits per heavy atom. The normalized spacial score (nSPS) is 10.6. The van der Waals surface area contributed by atoms with Gasteiger partial charge in [-0.05, 0) is 49.7 Å². The van der Waals surface area contributed by atoms with Crippen LogP contribution in [0.5, 0.6) is 23.0 Å². The maximum atomic E-state index is 12.9. The summed E-state index contributed by atoms with van der Waals surface area (Å²) in [5, 5.41) is 3.02. The van der Waals surface area contributed by atoms with Gasteiger partial charge in [-0.25, -0.2) is 4.98 Å². The highest BCUT2D eigenvalue weighted by atomic mass is 16.5. The first-order chi connectivity index (χ1) is 16.0. The molecule has 2 aromatic heterocycles. The SMILES string of the molecule is CCOc1ccccc1Oc1coc2cc(OCC(=O)Nc3ncccc3C)ccc2c1=O. The van der Waals surface area contributed by atoms with E-state index in [0.717, 1.165) is 5.56 Å². The zero-order valence-electron chi connectivity index (χ0n) is 18.2. The van der Waals surface area contributed by atoms with E-state index in [1.807, 2.05) is 26.0 Å². The highest BCUT2D eigenvalue weighted by molar-refractivity contribution is 5.91. The van der Waals surface area contributed by atoms with Crippen LogP contribution in [0.1, 0.15) is 12.5 Å². The van der Waals surface area contributed by atoms with E-state index >= 15 is 0 Å². The average Bonchev–Trinajstić information content (AvgIpc) is 2.82. The van der Waals surface area contributed by atoms with Crippen LogP contribution in [0.25, 0.3) is 11.0 Å². The van der Waals surface area contributed by atoms with Crippen molar-refractivity contribution in [2.45, 2.75) is 13.8 Å². The van der Waals surface area contributed by atoms with Gasteiger partial charge in [0.15, 0.2) is 18.1 Å². The third-order valence-electron chi connectivity index (χ3n) is 4.72. The van der Waals surface area contributed by atoms with Gasteiger partial charge in [0.25, 0.3) is 5.91 Å². The van der Waals surface area contributed by atoms with Crippen LogP contribution in [0.3, 0.4) is 0 Å². The third-order valence-corrected chi connectivity index (χ3v) is 4.72. The summed E-state index contributed by atoms with van der Waals surface area (Å²) in [6.07, 6.45) is 2.84. The summed E-state index contributed by atoms with van der Waals surface area (Å²) >= 11 is 0. The van der Waals surface area contributed by atoms with E-state index in [-0.39, 0.29) is 23.7 Å². The van der Waals surface area contributed by atoms with Crippen LogP contribution < -0.4 is 25.0 Å². The highest BCUT2D eigenvalue weighted by Gasteiger charge is 2.13. The lowest BCUT2D eigenvalue weighted by molar-refractivity contribution is -0.118. The molecule has 4 rings (SSSR count). The highest BCUT2D eigenvalue weighted by Crippen LogP contribution is 2.31. The summed E-state index contributed by atoms with van der Waals surface area (Å²) in [6.45, 7) is 3.96. The molecule has 0 aliphatic rings. The molecule has 0 saturated heterocycles. The Labute approximate surface area is 189 Å². The molecule has 1 amide bonds. The predicted octanol–water partition coefficient (Wildman–Crippen LogP) is 4.70. The lowest BCUT2D eigenvalue weighted by Gasteiger charge is -2.11. The quantitative estimate of drug-likeness (QED) is 0.419. The monoisotopic (exact) mass is 446 g/mol. The Bertz CT molecular complexity index is 1350. The van der Waals surface area contributed by atoms with Gasteiger partial charge in [-0.1, -0.05) is 18.2 Å². The van der Waals surface area contributed by atoms with E-state index in [9.17, 15) is 9.59 Å². The third kappa shape index (κ3) is 5.12. The number of fused-ring (bicyclic) bond motifs is 1. The number of para-hydroxylation sites is 2. The summed E-state index contributed by atoms with van der Waals surface area (Å²) in [4.78, 5) is 29.2. The van der Waals surface area contributed by atoms with E-state index in [1.165, 1.54) is 6.26 Å². The van der Waals surface area contributed by atoms with Crippen molar-refractivity contribution >= 4 is 22.7 Å². The molecule has 0 atom stereocenters. The van der Waals surface area contributed by atoms with Crippen molar-refractivity contribution in [3.8, 4) is 23.0 Å². The van der Waals surface area contributed by atoms with Crippen LogP contribution in [0, 0.1) is 6.92 Å². The predicted molar refractivity (Wildman–Crippen MR) is 123 cm³/mol. The molecule has 8 nitrogen and oxygen atoms in total. The lowest BCUT2D eigenvalue weighted by Crippen LogP contribution is -2.21. The van der Waals surface area contributed by atoms with Crippen LogP contribution in [-0.2, 0) is 4.79 Å². The minimum absolute atomic E-state index is 0.0356. The molecule has 0 radical (unpaired) electrons. The van der Waals surface area contributed by atoms with Gasteiger partial charge in [0, 0.05) is 12.3 Å². The summed E-state index contributed by atoms with van der Waals surface area (Å²) in [5.74, 6) is 1.49. The first-order valence-electron chi connectivity index (χ1n) is 10.3. The van der Waals surface area contributed by atoms with E-state index in [4.69, 9.17) is 18.6 Å². The zero-order valence-corrected chi connectivity index (χ0v) is 18.2. The second-order valence-electron chi connectivity index (χ2n) is 7.07. The van der Waals surface area contributed by atoms with E-state index < -0.39 is 0 Å². The van der Waals surface area contributed by atoms with Gasteiger partial charge in [0.1, 0.15) is 23.4 Å². The van der Waals surface area contributed by atoms with Gasteiger partial charge in [-0.3, -0.25) is 9.59 Å². The van der Waals surface area contributed by atoms with Gasteiger partial charge < -0.3 is 23.9 Å². The zero-order chi connectivity index (χ0) is 23.2. The van der Waals surface area contributed by atoms with Gasteiger partial charge in [-0.15, -0.1) is 0 Å². The average molecular weight is 446 g/mol. The number of aromatic nitrogens is 1. The number of aryl methyl sites for hydroxylation is 1. The molecule has 0 bridgehead atoms. The van der Waals surface area contributed by atoms with Crippen molar-refractivity contribution in [2.24, 2.45) is 0 Å². The molecule has 0 aliphatic carbocycles. The number of carbonyl (C=O) groups excluding carboxylic acids is 1. The number of anilines is 1. The first kappa shape index (κ1) is 21.9. The molecule has 1 N–H and O–H groups in total. The Hall–Kier alpha value is -4.33. The molecule has 33 heavy (non-hydrogen) atoms. The number of nitrogens with one attached hydrogen (secondary N) is 1. The van der Waals surface area contributed by atoms with Crippen molar-refractivity contribution in [2.75, 3.05) is 18.5 Å². The van der Waals surface area contributed by atoms with E-state index in [1.54, 1.807) is 48.7 Å². The number of carbonyl (C=O) groups is 1. The number of amides is 1. The van der Waals surface area contributed by atoms with Gasteiger partial charge in [-0.2, -0.15) is 0 Å². The summed E-state index contributed by atoms with van der Waals surface area (Å²) < 4.78 is 22.4. The van der Waals surface area contributed by atoms with Crippen LogP contribution >= 0.6 is 0 Å². The number of benzene rings is 2. The van der Waals surface area contributed by atoms with Crippen molar-refractivity contribution in [3.05, 3.63) is 82.8 Å². The Kier molecular flexibility index (Phi) is 6.54. The molecule has 0 saturated carbocycles. The Balaban J connectivity index is 1.47. The fourth-order valence-corrected chi connectivity index (χ4v) is 3.11. The summed E-state index contributed by atoms with van der Waals surface area (Å²) in [5.41, 5.74) is 0.821. The number of hydrogen-bond donors (Lipinski definition) is 1. The van der Waals surface area contributed by atoms with Crippen molar-refractivity contribution in [1.82, 2.24) is 4.98 Å². The van der Waals surface area contributed by atoms with Crippen LogP contribution in [0.15, 0.2) is 76.3 Å². The fourth-order valence-electron chi connectivity index (χ4n) is 3.11. The number of ether oxygens (including phenoxy) is 3. The Morgan fingerprint density at radius 2 is 1.85 bits per heavy atom. The van der Waals surface area contributed by atoms with Crippen LogP contribution in [0.2, 0.25) is 0 Å². The van der Waals surface area contributed by atoms with E-state index in [2.05, 4.69) is 10.3 Å². The molecule has 2 heterocycles. The second kappa shape index (κ2) is 9.86. The van der Waals surface area contributed by atoms with Gasteiger partial charge in [0.05, 0.1) is 12.0 Å². The molecule has 2 aromatic carbocycles. The van der Waals surface area contributed by atoms with Gasteiger partial charge in [0.2, 0.25) is 11.2 Å². The van der Waals surface area contributed by atoms with Crippen LogP contribution in [-0.4, -0.2) is 24.1 Å². The smallest absolute Gasteiger partial charge is 0.263 e. The van der Waals surface area contributed by atoms with Crippen LogP contribution in [0.4, 0.5) is 5.82 Å². The topological polar surface area (TPSA) is 99.9 Å². The lowest BCUT2D eigenvalue weighted by atomic mass is 10.2.